The van der Waals surface area contributed by atoms with E-state index in [1.807, 2.05) is 0 Å². The van der Waals surface area contributed by atoms with E-state index in [1.54, 1.807) is 7.11 Å². The smallest absolute Gasteiger partial charge is 0.144 e. The van der Waals surface area contributed by atoms with E-state index in [9.17, 15) is 0 Å². The summed E-state index contributed by atoms with van der Waals surface area (Å²) >= 11 is 8.57. The van der Waals surface area contributed by atoms with Crippen molar-refractivity contribution >= 4 is 28.1 Å². The molecule has 1 aromatic heterocycles. The Morgan fingerprint density at radius 3 is 2.73 bits per heavy atom. The fourth-order valence-corrected chi connectivity index (χ4v) is 1.82. The monoisotopic (exact) mass is 290 g/mol. The highest BCUT2D eigenvalue weighted by atomic mass is 79.9. The first-order valence-electron chi connectivity index (χ1n) is 4.81. The molecule has 1 rings (SSSR count). The van der Waals surface area contributed by atoms with E-state index >= 15 is 0 Å². The van der Waals surface area contributed by atoms with Crippen LogP contribution < -0.4 is 0 Å². The molecule has 0 fully saturated rings. The number of hydrogen-bond donors (Lipinski definition) is 1. The van der Waals surface area contributed by atoms with Gasteiger partial charge >= 0.3 is 0 Å². The first-order chi connectivity index (χ1) is 7.04. The maximum absolute atomic E-state index is 5.16. The van der Waals surface area contributed by atoms with E-state index < -0.39 is 0 Å². The van der Waals surface area contributed by atoms with Gasteiger partial charge in [0.05, 0.1) is 16.8 Å². The molecular formula is C10H15BrN2OS. The molecule has 0 saturated carbocycles. The number of methoxy groups -OCH3 is 1. The van der Waals surface area contributed by atoms with Gasteiger partial charge < -0.3 is 9.72 Å². The van der Waals surface area contributed by atoms with Crippen molar-refractivity contribution < 1.29 is 4.74 Å². The summed E-state index contributed by atoms with van der Waals surface area (Å²) in [6, 6.07) is 0. The first-order valence-corrected chi connectivity index (χ1v) is 6.01. The lowest BCUT2D eigenvalue weighted by Gasteiger charge is -2.09. The Labute approximate surface area is 103 Å². The fraction of sp³-hybridized carbons (Fsp3) is 0.600. The maximum Gasteiger partial charge on any atom is 0.144 e. The summed E-state index contributed by atoms with van der Waals surface area (Å²) in [6.45, 7) is 4.81. The molecule has 1 aromatic rings. The van der Waals surface area contributed by atoms with Crippen LogP contribution in [0.4, 0.5) is 0 Å². The Bertz CT molecular complexity index is 389. The third kappa shape index (κ3) is 3.66. The average Bonchev–Trinajstić information content (AvgIpc) is 2.12. The zero-order valence-electron chi connectivity index (χ0n) is 9.13. The number of aromatic amines is 1. The summed E-state index contributed by atoms with van der Waals surface area (Å²) in [7, 11) is 1.66. The van der Waals surface area contributed by atoms with Crippen LogP contribution in [0.1, 0.15) is 25.4 Å². The summed E-state index contributed by atoms with van der Waals surface area (Å²) in [4.78, 5) is 7.55. The Hall–Kier alpha value is -0.260. The van der Waals surface area contributed by atoms with E-state index in [-0.39, 0.29) is 0 Å². The molecule has 15 heavy (non-hydrogen) atoms. The molecular weight excluding hydrogens is 276 g/mol. The van der Waals surface area contributed by atoms with E-state index in [0.717, 1.165) is 22.4 Å². The lowest BCUT2D eigenvalue weighted by Crippen LogP contribution is -2.05. The van der Waals surface area contributed by atoms with Crippen molar-refractivity contribution in [2.45, 2.75) is 26.9 Å². The molecule has 0 saturated heterocycles. The number of H-pyrrole nitrogens is 1. The zero-order valence-corrected chi connectivity index (χ0v) is 11.5. The van der Waals surface area contributed by atoms with E-state index in [2.05, 4.69) is 39.7 Å². The zero-order chi connectivity index (χ0) is 11.4. The van der Waals surface area contributed by atoms with Crippen LogP contribution >= 0.6 is 28.1 Å². The molecule has 0 aliphatic heterocycles. The lowest BCUT2D eigenvalue weighted by atomic mass is 10.1. The van der Waals surface area contributed by atoms with Crippen LogP contribution in [0.3, 0.4) is 0 Å². The van der Waals surface area contributed by atoms with Crippen LogP contribution in [0.15, 0.2) is 4.47 Å². The highest BCUT2D eigenvalue weighted by Gasteiger charge is 2.07. The van der Waals surface area contributed by atoms with Gasteiger partial charge in [0.1, 0.15) is 10.5 Å². The average molecular weight is 291 g/mol. The molecule has 0 aliphatic rings. The number of nitrogens with zero attached hydrogens (tertiary/aromatic N) is 1. The number of ether oxygens (including phenoxy) is 1. The van der Waals surface area contributed by atoms with Crippen LogP contribution in [0.25, 0.3) is 0 Å². The molecule has 0 unspecified atom stereocenters. The van der Waals surface area contributed by atoms with Crippen molar-refractivity contribution in [1.82, 2.24) is 9.97 Å². The van der Waals surface area contributed by atoms with Crippen molar-refractivity contribution in [3.63, 3.8) is 0 Å². The molecule has 0 aliphatic carbocycles. The summed E-state index contributed by atoms with van der Waals surface area (Å²) in [5.41, 5.74) is 0.952. The summed E-state index contributed by atoms with van der Waals surface area (Å²) in [6.07, 6.45) is 0.896. The van der Waals surface area contributed by atoms with Crippen LogP contribution in [0.5, 0.6) is 0 Å². The summed E-state index contributed by atoms with van der Waals surface area (Å²) in [5.74, 6) is 1.48. The van der Waals surface area contributed by atoms with E-state index in [4.69, 9.17) is 17.0 Å². The van der Waals surface area contributed by atoms with Gasteiger partial charge in [-0.15, -0.1) is 0 Å². The van der Waals surface area contributed by atoms with E-state index in [0.29, 0.717) is 17.2 Å². The van der Waals surface area contributed by atoms with Gasteiger partial charge in [-0.25, -0.2) is 4.98 Å². The minimum atomic E-state index is 0.512. The van der Waals surface area contributed by atoms with Gasteiger partial charge in [0, 0.05) is 13.5 Å². The molecule has 3 nitrogen and oxygen atoms in total. The molecule has 0 amide bonds. The Balaban J connectivity index is 3.06. The van der Waals surface area contributed by atoms with Crippen molar-refractivity contribution in [1.29, 1.82) is 0 Å². The Kier molecular flexibility index (Phi) is 4.89. The number of hydrogen-bond acceptors (Lipinski definition) is 3. The predicted octanol–water partition coefficient (Wildman–Crippen LogP) is 3.25. The second kappa shape index (κ2) is 5.72. The van der Waals surface area contributed by atoms with Gasteiger partial charge in [-0.05, 0) is 21.8 Å². The molecule has 0 radical (unpaired) electrons. The highest BCUT2D eigenvalue weighted by Crippen LogP contribution is 2.17. The molecule has 1 N–H and O–H groups in total. The van der Waals surface area contributed by atoms with Crippen molar-refractivity contribution in [2.75, 3.05) is 7.11 Å². The van der Waals surface area contributed by atoms with Crippen molar-refractivity contribution in [3.05, 3.63) is 20.6 Å². The predicted molar refractivity (Wildman–Crippen MR) is 66.4 cm³/mol. The number of halogens is 1. The minimum absolute atomic E-state index is 0.512. The van der Waals surface area contributed by atoms with Crippen LogP contribution in [-0.2, 0) is 17.8 Å². The van der Waals surface area contributed by atoms with Gasteiger partial charge in [0.25, 0.3) is 0 Å². The molecule has 0 bridgehead atoms. The SMILES string of the molecule is COCc1[nH]c(CC(C)C)nc(=S)c1Br. The molecule has 1 heterocycles. The van der Waals surface area contributed by atoms with Crippen molar-refractivity contribution in [2.24, 2.45) is 5.92 Å². The largest absolute Gasteiger partial charge is 0.378 e. The van der Waals surface area contributed by atoms with Gasteiger partial charge in [0.15, 0.2) is 0 Å². The maximum atomic E-state index is 5.16. The highest BCUT2D eigenvalue weighted by molar-refractivity contribution is 9.10. The second-order valence-electron chi connectivity index (χ2n) is 3.81. The first kappa shape index (κ1) is 12.8. The topological polar surface area (TPSA) is 37.9 Å². The summed E-state index contributed by atoms with van der Waals surface area (Å²) < 4.78 is 6.51. The van der Waals surface area contributed by atoms with Crippen LogP contribution in [-0.4, -0.2) is 17.1 Å². The number of rotatable bonds is 4. The standard InChI is InChI=1S/C10H15BrN2OS/c1-6(2)4-8-12-7(5-14-3)9(11)10(15)13-8/h6H,4-5H2,1-3H3,(H,12,13,15). The molecule has 5 heteroatoms. The minimum Gasteiger partial charge on any atom is -0.378 e. The van der Waals surface area contributed by atoms with Crippen LogP contribution in [0.2, 0.25) is 0 Å². The van der Waals surface area contributed by atoms with Gasteiger partial charge in [-0.3, -0.25) is 0 Å². The fourth-order valence-electron chi connectivity index (χ4n) is 1.28. The molecule has 0 spiro atoms. The van der Waals surface area contributed by atoms with E-state index in [1.165, 1.54) is 0 Å². The summed E-state index contributed by atoms with van der Waals surface area (Å²) in [5, 5.41) is 0. The lowest BCUT2D eigenvalue weighted by molar-refractivity contribution is 0.180. The Morgan fingerprint density at radius 2 is 2.20 bits per heavy atom. The second-order valence-corrected chi connectivity index (χ2v) is 4.99. The normalized spacial score (nSPS) is 11.0. The molecule has 0 aromatic carbocycles. The Morgan fingerprint density at radius 1 is 1.53 bits per heavy atom. The van der Waals surface area contributed by atoms with Gasteiger partial charge in [-0.1, -0.05) is 26.1 Å². The third-order valence-corrected chi connectivity index (χ3v) is 3.29. The quantitative estimate of drug-likeness (QED) is 0.865. The van der Waals surface area contributed by atoms with Gasteiger partial charge in [-0.2, -0.15) is 0 Å². The number of aromatic nitrogens is 2. The third-order valence-electron chi connectivity index (χ3n) is 1.87. The number of nitrogens with one attached hydrogen (secondary N) is 1. The molecule has 0 atom stereocenters. The molecule has 84 valence electrons. The van der Waals surface area contributed by atoms with Gasteiger partial charge in [0.2, 0.25) is 0 Å². The van der Waals surface area contributed by atoms with Crippen molar-refractivity contribution in [3.8, 4) is 0 Å². The van der Waals surface area contributed by atoms with Crippen LogP contribution in [0, 0.1) is 10.6 Å².